The molecule has 4 heteroatoms. The molecule has 3 aromatic carbocycles. The summed E-state index contributed by atoms with van der Waals surface area (Å²) in [4.78, 5) is 16.1. The van der Waals surface area contributed by atoms with E-state index in [0.29, 0.717) is 18.6 Å². The highest BCUT2D eigenvalue weighted by atomic mass is 16.5. The molecule has 1 heterocycles. The van der Waals surface area contributed by atoms with Gasteiger partial charge < -0.3 is 9.84 Å². The van der Waals surface area contributed by atoms with E-state index in [1.54, 1.807) is 12.1 Å². The summed E-state index contributed by atoms with van der Waals surface area (Å²) >= 11 is 0. The molecule has 0 bridgehead atoms. The Bertz CT molecular complexity index is 1110. The molecule has 0 unspecified atom stereocenters. The van der Waals surface area contributed by atoms with Crippen LogP contribution in [0.15, 0.2) is 78.9 Å². The summed E-state index contributed by atoms with van der Waals surface area (Å²) in [6.07, 6.45) is 4.95. The zero-order valence-corrected chi connectivity index (χ0v) is 20.6. The van der Waals surface area contributed by atoms with Crippen molar-refractivity contribution in [3.8, 4) is 11.5 Å². The third-order valence-corrected chi connectivity index (χ3v) is 6.63. The molecule has 0 atom stereocenters. The molecule has 4 nitrogen and oxygen atoms in total. The van der Waals surface area contributed by atoms with Gasteiger partial charge in [-0.15, -0.1) is 0 Å². The first-order valence-electron chi connectivity index (χ1n) is 12.7. The topological polar surface area (TPSA) is 49.8 Å². The fraction of sp³-hybridized carbons (Fsp3) is 0.323. The zero-order chi connectivity index (χ0) is 24.5. The number of carbonyl (C=O) groups excluding carboxylic acids is 1. The predicted octanol–water partition coefficient (Wildman–Crippen LogP) is 6.39. The molecule has 1 aliphatic heterocycles. The molecule has 0 aliphatic carbocycles. The number of ether oxygens (including phenoxy) is 1. The number of allylic oxidation sites excluding steroid dienone is 2. The molecule has 1 fully saturated rings. The molecular weight excluding hydrogens is 434 g/mol. The molecule has 0 spiro atoms. The first kappa shape index (κ1) is 24.7. The van der Waals surface area contributed by atoms with Gasteiger partial charge in [0.05, 0.1) is 0 Å². The van der Waals surface area contributed by atoms with Gasteiger partial charge in [0.15, 0.2) is 5.78 Å². The van der Waals surface area contributed by atoms with Crippen LogP contribution in [0.1, 0.15) is 49.3 Å². The van der Waals surface area contributed by atoms with Crippen LogP contribution in [0, 0.1) is 0 Å². The number of rotatable bonds is 10. The van der Waals surface area contributed by atoms with Crippen molar-refractivity contribution in [2.75, 3.05) is 26.2 Å². The lowest BCUT2D eigenvalue weighted by atomic mass is 9.88. The minimum Gasteiger partial charge on any atom is -0.508 e. The fourth-order valence-corrected chi connectivity index (χ4v) is 4.75. The van der Waals surface area contributed by atoms with E-state index in [9.17, 15) is 9.90 Å². The van der Waals surface area contributed by atoms with Crippen LogP contribution in [0.25, 0.3) is 11.1 Å². The number of carbonyl (C=O) groups is 1. The molecule has 0 amide bonds. The Balaban J connectivity index is 1.48. The summed E-state index contributed by atoms with van der Waals surface area (Å²) in [6, 6.07) is 24.9. The Morgan fingerprint density at radius 3 is 2.20 bits per heavy atom. The van der Waals surface area contributed by atoms with E-state index in [1.807, 2.05) is 66.7 Å². The second-order valence-corrected chi connectivity index (χ2v) is 9.11. The van der Waals surface area contributed by atoms with Gasteiger partial charge in [0.25, 0.3) is 0 Å². The maximum Gasteiger partial charge on any atom is 0.168 e. The molecule has 4 rings (SSSR count). The molecule has 182 valence electrons. The van der Waals surface area contributed by atoms with Gasteiger partial charge in [0.2, 0.25) is 0 Å². The number of Topliss-reactive ketones (excluding diaryl/α,β-unsaturated/α-hetero) is 1. The minimum absolute atomic E-state index is 0.0650. The lowest BCUT2D eigenvalue weighted by molar-refractivity contribution is -0.113. The van der Waals surface area contributed by atoms with E-state index in [0.717, 1.165) is 41.0 Å². The van der Waals surface area contributed by atoms with Gasteiger partial charge in [-0.2, -0.15) is 0 Å². The van der Waals surface area contributed by atoms with Gasteiger partial charge in [0, 0.05) is 18.5 Å². The third-order valence-electron chi connectivity index (χ3n) is 6.63. The summed E-state index contributed by atoms with van der Waals surface area (Å²) in [5.41, 5.74) is 4.55. The van der Waals surface area contributed by atoms with Gasteiger partial charge in [-0.1, -0.05) is 67.9 Å². The monoisotopic (exact) mass is 469 g/mol. The van der Waals surface area contributed by atoms with Crippen LogP contribution in [-0.2, 0) is 11.2 Å². The number of piperidine rings is 1. The zero-order valence-electron chi connectivity index (χ0n) is 20.6. The number of benzene rings is 3. The molecule has 0 radical (unpaired) electrons. The van der Waals surface area contributed by atoms with Crippen LogP contribution in [0.2, 0.25) is 0 Å². The molecule has 1 N–H and O–H groups in total. The fourth-order valence-electron chi connectivity index (χ4n) is 4.75. The lowest BCUT2D eigenvalue weighted by Crippen LogP contribution is -2.33. The van der Waals surface area contributed by atoms with E-state index < -0.39 is 0 Å². The van der Waals surface area contributed by atoms with Crippen molar-refractivity contribution in [1.82, 2.24) is 4.90 Å². The van der Waals surface area contributed by atoms with Crippen LogP contribution >= 0.6 is 0 Å². The molecular formula is C31H35NO3. The third kappa shape index (κ3) is 6.83. The smallest absolute Gasteiger partial charge is 0.168 e. The Morgan fingerprint density at radius 1 is 0.857 bits per heavy atom. The molecule has 1 aliphatic rings. The van der Waals surface area contributed by atoms with E-state index in [4.69, 9.17) is 4.74 Å². The van der Waals surface area contributed by atoms with Gasteiger partial charge in [0.1, 0.15) is 18.1 Å². The van der Waals surface area contributed by atoms with Crippen LogP contribution in [0.4, 0.5) is 0 Å². The Kier molecular flexibility index (Phi) is 8.74. The normalized spacial score (nSPS) is 14.9. The summed E-state index contributed by atoms with van der Waals surface area (Å²) in [5.74, 6) is 1.09. The maximum atomic E-state index is 13.6. The summed E-state index contributed by atoms with van der Waals surface area (Å²) in [5, 5.41) is 9.77. The maximum absolute atomic E-state index is 13.6. The number of likely N-dealkylation sites (tertiary alicyclic amines) is 1. The summed E-state index contributed by atoms with van der Waals surface area (Å²) in [7, 11) is 0. The number of nitrogens with zero attached hydrogens (tertiary/aromatic N) is 1. The highest BCUT2D eigenvalue weighted by Gasteiger charge is 2.19. The number of hydrogen-bond donors (Lipinski definition) is 1. The van der Waals surface area contributed by atoms with E-state index >= 15 is 0 Å². The van der Waals surface area contributed by atoms with Gasteiger partial charge in [-0.3, -0.25) is 9.69 Å². The van der Waals surface area contributed by atoms with Crippen LogP contribution in [0.5, 0.6) is 11.5 Å². The average Bonchev–Trinajstić information content (AvgIpc) is 2.90. The van der Waals surface area contributed by atoms with Crippen LogP contribution in [-0.4, -0.2) is 42.0 Å². The summed E-state index contributed by atoms with van der Waals surface area (Å²) in [6.45, 7) is 6.06. The number of phenolic OH excluding ortho intramolecular Hbond substituents is 1. The van der Waals surface area contributed by atoms with Crippen molar-refractivity contribution in [3.05, 3.63) is 95.6 Å². The van der Waals surface area contributed by atoms with Crippen LogP contribution in [0.3, 0.4) is 0 Å². The second kappa shape index (κ2) is 12.4. The molecule has 3 aromatic rings. The quantitative estimate of drug-likeness (QED) is 0.276. The average molecular weight is 470 g/mol. The Labute approximate surface area is 208 Å². The lowest BCUT2D eigenvalue weighted by Gasteiger charge is -2.26. The Hall–Kier alpha value is -3.37. The van der Waals surface area contributed by atoms with Crippen molar-refractivity contribution < 1.29 is 14.6 Å². The molecule has 1 saturated heterocycles. The number of phenols is 1. The van der Waals surface area contributed by atoms with Gasteiger partial charge in [-0.05, 0) is 78.9 Å². The van der Waals surface area contributed by atoms with Crippen molar-refractivity contribution in [3.63, 3.8) is 0 Å². The van der Waals surface area contributed by atoms with E-state index in [2.05, 4.69) is 11.8 Å². The number of ketones is 1. The largest absolute Gasteiger partial charge is 0.508 e. The molecule has 35 heavy (non-hydrogen) atoms. The molecule has 0 saturated carbocycles. The first-order valence-corrected chi connectivity index (χ1v) is 12.7. The highest BCUT2D eigenvalue weighted by Crippen LogP contribution is 2.31. The van der Waals surface area contributed by atoms with Crippen molar-refractivity contribution >= 4 is 16.9 Å². The van der Waals surface area contributed by atoms with Crippen molar-refractivity contribution in [1.29, 1.82) is 0 Å². The van der Waals surface area contributed by atoms with Crippen LogP contribution < -0.4 is 4.74 Å². The number of aromatic hydroxyl groups is 1. The first-order chi connectivity index (χ1) is 17.1. The van der Waals surface area contributed by atoms with Gasteiger partial charge >= 0.3 is 0 Å². The van der Waals surface area contributed by atoms with Gasteiger partial charge in [-0.25, -0.2) is 0 Å². The van der Waals surface area contributed by atoms with Crippen molar-refractivity contribution in [2.45, 2.75) is 39.0 Å². The molecule has 0 aromatic heterocycles. The predicted molar refractivity (Wildman–Crippen MR) is 143 cm³/mol. The minimum atomic E-state index is 0.0650. The summed E-state index contributed by atoms with van der Waals surface area (Å²) < 4.78 is 5.95. The number of hydrogen-bond acceptors (Lipinski definition) is 4. The second-order valence-electron chi connectivity index (χ2n) is 9.11. The Morgan fingerprint density at radius 2 is 1.54 bits per heavy atom. The standard InChI is InChI=1S/C31H35NO3/c1-2-29(25-9-5-3-6-10-25)31(26-13-15-27(33)16-14-26)30(34)23-24-11-17-28(18-12-24)35-22-21-32-19-7-4-8-20-32/h3,5-6,9-18,33H,2,4,7-8,19-23H2,1H3. The SMILES string of the molecule is CCC(=C(C(=O)Cc1ccc(OCCN2CCCCC2)cc1)c1ccc(O)cc1)c1ccccc1. The highest BCUT2D eigenvalue weighted by molar-refractivity contribution is 6.28. The van der Waals surface area contributed by atoms with Crippen molar-refractivity contribution in [2.24, 2.45) is 0 Å². The van der Waals surface area contributed by atoms with E-state index in [-0.39, 0.29) is 11.5 Å². The van der Waals surface area contributed by atoms with E-state index in [1.165, 1.54) is 32.4 Å².